The lowest BCUT2D eigenvalue weighted by molar-refractivity contribution is -0.116. The second-order valence-electron chi connectivity index (χ2n) is 4.00. The summed E-state index contributed by atoms with van der Waals surface area (Å²) in [5, 5.41) is 2.83. The van der Waals surface area contributed by atoms with Crippen LogP contribution in [-0.4, -0.2) is 17.9 Å². The predicted octanol–water partition coefficient (Wildman–Crippen LogP) is 3.43. The summed E-state index contributed by atoms with van der Waals surface area (Å²) in [5.74, 6) is 1.16. The number of benzene rings is 1. The summed E-state index contributed by atoms with van der Waals surface area (Å²) < 4.78 is 5.61. The van der Waals surface area contributed by atoms with Crippen molar-refractivity contribution in [2.45, 2.75) is 32.8 Å². The van der Waals surface area contributed by atoms with Crippen LogP contribution in [0.5, 0.6) is 5.75 Å². The van der Waals surface area contributed by atoms with Crippen molar-refractivity contribution in [2.75, 3.05) is 11.2 Å². The van der Waals surface area contributed by atoms with Gasteiger partial charge in [-0.25, -0.2) is 0 Å². The highest BCUT2D eigenvalue weighted by Crippen LogP contribution is 2.24. The number of rotatable bonds is 6. The molecule has 1 aromatic rings. The van der Waals surface area contributed by atoms with Crippen LogP contribution in [0.4, 0.5) is 5.69 Å². The number of amides is 1. The van der Waals surface area contributed by atoms with Crippen molar-refractivity contribution in [1.29, 1.82) is 0 Å². The molecule has 17 heavy (non-hydrogen) atoms. The number of halogens is 1. The topological polar surface area (TPSA) is 38.3 Å². The summed E-state index contributed by atoms with van der Waals surface area (Å²) in [6, 6.07) is 7.42. The normalized spacial score (nSPS) is 10.4. The molecule has 0 aromatic heterocycles. The van der Waals surface area contributed by atoms with Gasteiger partial charge in [-0.3, -0.25) is 4.79 Å². The molecular formula is C13H18ClNO2. The number of anilines is 1. The molecule has 0 bridgehead atoms. The fourth-order valence-corrected chi connectivity index (χ4v) is 1.50. The number of nitrogens with one attached hydrogen (secondary N) is 1. The van der Waals surface area contributed by atoms with Crippen molar-refractivity contribution < 1.29 is 9.53 Å². The van der Waals surface area contributed by atoms with Crippen LogP contribution in [0.15, 0.2) is 24.3 Å². The second kappa shape index (κ2) is 7.17. The van der Waals surface area contributed by atoms with E-state index in [1.807, 2.05) is 38.1 Å². The van der Waals surface area contributed by atoms with Crippen molar-refractivity contribution in [3.63, 3.8) is 0 Å². The molecule has 1 amide bonds. The first-order valence-corrected chi connectivity index (χ1v) is 6.28. The van der Waals surface area contributed by atoms with E-state index < -0.39 is 0 Å². The lowest BCUT2D eigenvalue weighted by Gasteiger charge is -2.14. The summed E-state index contributed by atoms with van der Waals surface area (Å²) in [6.45, 7) is 3.90. The Morgan fingerprint density at radius 3 is 2.76 bits per heavy atom. The van der Waals surface area contributed by atoms with Crippen LogP contribution in [0.25, 0.3) is 0 Å². The van der Waals surface area contributed by atoms with Gasteiger partial charge in [0.15, 0.2) is 0 Å². The molecule has 0 saturated carbocycles. The van der Waals surface area contributed by atoms with E-state index in [0.29, 0.717) is 30.2 Å². The molecule has 94 valence electrons. The zero-order valence-corrected chi connectivity index (χ0v) is 11.0. The van der Waals surface area contributed by atoms with Gasteiger partial charge in [0.1, 0.15) is 5.75 Å². The van der Waals surface area contributed by atoms with Crippen LogP contribution in [0.1, 0.15) is 26.7 Å². The van der Waals surface area contributed by atoms with Gasteiger partial charge in [-0.15, -0.1) is 11.6 Å². The lowest BCUT2D eigenvalue weighted by atomic mass is 10.2. The number of carbonyl (C=O) groups is 1. The molecule has 0 unspecified atom stereocenters. The molecule has 0 saturated heterocycles. The van der Waals surface area contributed by atoms with E-state index in [1.165, 1.54) is 0 Å². The van der Waals surface area contributed by atoms with E-state index in [9.17, 15) is 4.79 Å². The lowest BCUT2D eigenvalue weighted by Crippen LogP contribution is -2.14. The van der Waals surface area contributed by atoms with Gasteiger partial charge in [0, 0.05) is 12.3 Å². The van der Waals surface area contributed by atoms with Crippen LogP contribution in [0.2, 0.25) is 0 Å². The van der Waals surface area contributed by atoms with E-state index in [1.54, 1.807) is 0 Å². The number of alkyl halides is 1. The van der Waals surface area contributed by atoms with Crippen LogP contribution in [0.3, 0.4) is 0 Å². The summed E-state index contributed by atoms with van der Waals surface area (Å²) >= 11 is 5.54. The minimum atomic E-state index is -0.0366. The molecule has 4 heteroatoms. The fraction of sp³-hybridized carbons (Fsp3) is 0.462. The summed E-state index contributed by atoms with van der Waals surface area (Å²) in [4.78, 5) is 11.6. The largest absolute Gasteiger partial charge is 0.489 e. The first-order valence-electron chi connectivity index (χ1n) is 5.75. The molecule has 0 aliphatic rings. The predicted molar refractivity (Wildman–Crippen MR) is 70.8 cm³/mol. The van der Waals surface area contributed by atoms with Crippen LogP contribution >= 0.6 is 11.6 Å². The fourth-order valence-electron chi connectivity index (χ4n) is 1.37. The van der Waals surface area contributed by atoms with E-state index in [0.717, 1.165) is 0 Å². The number of ether oxygens (including phenoxy) is 1. The molecule has 1 aromatic carbocycles. The number of hydrogen-bond donors (Lipinski definition) is 1. The molecule has 0 aliphatic heterocycles. The van der Waals surface area contributed by atoms with Crippen LogP contribution < -0.4 is 10.1 Å². The minimum absolute atomic E-state index is 0.0366. The van der Waals surface area contributed by atoms with Crippen molar-refractivity contribution >= 4 is 23.2 Å². The first-order chi connectivity index (χ1) is 8.13. The highest BCUT2D eigenvalue weighted by Gasteiger charge is 2.08. The Bertz CT molecular complexity index is 366. The quantitative estimate of drug-likeness (QED) is 0.791. The van der Waals surface area contributed by atoms with Gasteiger partial charge < -0.3 is 10.1 Å². The SMILES string of the molecule is CC(C)Oc1ccccc1NC(=O)CCCCl. The maximum absolute atomic E-state index is 11.6. The molecule has 1 N–H and O–H groups in total. The van der Waals surface area contributed by atoms with Gasteiger partial charge >= 0.3 is 0 Å². The Morgan fingerprint density at radius 2 is 2.12 bits per heavy atom. The third-order valence-electron chi connectivity index (χ3n) is 2.06. The Kier molecular flexibility index (Phi) is 5.84. The van der Waals surface area contributed by atoms with Gasteiger partial charge in [-0.1, -0.05) is 12.1 Å². The van der Waals surface area contributed by atoms with Crippen LogP contribution in [-0.2, 0) is 4.79 Å². The van der Waals surface area contributed by atoms with Gasteiger partial charge in [0.05, 0.1) is 11.8 Å². The van der Waals surface area contributed by atoms with Crippen molar-refractivity contribution in [3.8, 4) is 5.75 Å². The number of carbonyl (C=O) groups excluding carboxylic acids is 1. The van der Waals surface area contributed by atoms with Crippen molar-refractivity contribution in [2.24, 2.45) is 0 Å². The summed E-state index contributed by atoms with van der Waals surface area (Å²) in [5.41, 5.74) is 0.709. The molecule has 0 atom stereocenters. The molecule has 0 radical (unpaired) electrons. The summed E-state index contributed by atoms with van der Waals surface area (Å²) in [6.07, 6.45) is 1.19. The monoisotopic (exact) mass is 255 g/mol. The number of hydrogen-bond acceptors (Lipinski definition) is 2. The molecule has 0 spiro atoms. The van der Waals surface area contributed by atoms with E-state index in [-0.39, 0.29) is 12.0 Å². The average molecular weight is 256 g/mol. The third-order valence-corrected chi connectivity index (χ3v) is 2.33. The molecule has 0 heterocycles. The molecule has 0 fully saturated rings. The highest BCUT2D eigenvalue weighted by molar-refractivity contribution is 6.18. The molecule has 0 aliphatic carbocycles. The molecular weight excluding hydrogens is 238 g/mol. The molecule has 3 nitrogen and oxygen atoms in total. The highest BCUT2D eigenvalue weighted by atomic mass is 35.5. The van der Waals surface area contributed by atoms with Crippen molar-refractivity contribution in [3.05, 3.63) is 24.3 Å². The van der Waals surface area contributed by atoms with E-state index in [4.69, 9.17) is 16.3 Å². The maximum Gasteiger partial charge on any atom is 0.224 e. The standard InChI is InChI=1S/C13H18ClNO2/c1-10(2)17-12-7-4-3-6-11(12)15-13(16)8-5-9-14/h3-4,6-7,10H,5,8-9H2,1-2H3,(H,15,16). The zero-order valence-electron chi connectivity index (χ0n) is 10.2. The third kappa shape index (κ3) is 5.09. The van der Waals surface area contributed by atoms with Crippen LogP contribution in [0, 0.1) is 0 Å². The van der Waals surface area contributed by atoms with Gasteiger partial charge in [0.2, 0.25) is 5.91 Å². The van der Waals surface area contributed by atoms with Gasteiger partial charge in [0.25, 0.3) is 0 Å². The minimum Gasteiger partial charge on any atom is -0.489 e. The first kappa shape index (κ1) is 13.8. The zero-order chi connectivity index (χ0) is 12.7. The maximum atomic E-state index is 11.6. The smallest absolute Gasteiger partial charge is 0.224 e. The summed E-state index contributed by atoms with van der Waals surface area (Å²) in [7, 11) is 0. The van der Waals surface area contributed by atoms with Gasteiger partial charge in [-0.05, 0) is 32.4 Å². The molecule has 1 rings (SSSR count). The number of para-hydroxylation sites is 2. The average Bonchev–Trinajstić information content (AvgIpc) is 2.28. The Morgan fingerprint density at radius 1 is 1.41 bits per heavy atom. The van der Waals surface area contributed by atoms with Gasteiger partial charge in [-0.2, -0.15) is 0 Å². The van der Waals surface area contributed by atoms with E-state index in [2.05, 4.69) is 5.32 Å². The second-order valence-corrected chi connectivity index (χ2v) is 4.38. The Labute approximate surface area is 107 Å². The van der Waals surface area contributed by atoms with E-state index >= 15 is 0 Å². The Hall–Kier alpha value is -1.22. The Balaban J connectivity index is 2.66. The van der Waals surface area contributed by atoms with Crippen molar-refractivity contribution in [1.82, 2.24) is 0 Å².